The van der Waals surface area contributed by atoms with Gasteiger partial charge in [0, 0.05) is 88.9 Å². The highest BCUT2D eigenvalue weighted by atomic mass is 15.1. The highest BCUT2D eigenvalue weighted by Crippen LogP contribution is 2.54. The molecule has 21 aromatic carbocycles. The van der Waals surface area contributed by atoms with Gasteiger partial charge in [-0.3, -0.25) is 0 Å². The summed E-state index contributed by atoms with van der Waals surface area (Å²) < 4.78 is 7.13. The van der Waals surface area contributed by atoms with Crippen molar-refractivity contribution in [3.05, 3.63) is 526 Å². The number of hydrogen-bond acceptors (Lipinski definition) is 2. The van der Waals surface area contributed by atoms with Crippen molar-refractivity contribution in [2.45, 2.75) is 25.7 Å². The van der Waals surface area contributed by atoms with Gasteiger partial charge in [0.1, 0.15) is 0 Å². The van der Waals surface area contributed by atoms with Crippen LogP contribution in [0.4, 0.5) is 34.1 Å². The fourth-order valence-electron chi connectivity index (χ4n) is 21.8. The van der Waals surface area contributed by atoms with Gasteiger partial charge in [-0.15, -0.1) is 0 Å². The van der Waals surface area contributed by atoms with Gasteiger partial charge in [-0.25, -0.2) is 0 Å². The first-order valence-electron chi connectivity index (χ1n) is 47.3. The number of nitrogens with zero attached hydrogens (tertiary/aromatic N) is 5. The number of para-hydroxylation sites is 6. The summed E-state index contributed by atoms with van der Waals surface area (Å²) in [5, 5.41) is 9.98. The van der Waals surface area contributed by atoms with Gasteiger partial charge in [0.15, 0.2) is 0 Å². The molecular formula is C132H93N5. The fourth-order valence-corrected chi connectivity index (χ4v) is 21.8. The van der Waals surface area contributed by atoms with Crippen LogP contribution in [0.5, 0.6) is 0 Å². The molecule has 0 saturated carbocycles. The first-order chi connectivity index (χ1) is 67.6. The molecule has 0 spiro atoms. The smallest absolute Gasteiger partial charge is 0.0541 e. The molecule has 0 fully saturated rings. The molecule has 646 valence electrons. The summed E-state index contributed by atoms with van der Waals surface area (Å²) in [6.45, 7) is 12.7. The summed E-state index contributed by atoms with van der Waals surface area (Å²) in [6.07, 6.45) is 4.74. The van der Waals surface area contributed by atoms with Crippen LogP contribution >= 0.6 is 0 Å². The van der Waals surface area contributed by atoms with E-state index in [-0.39, 0.29) is 5.41 Å². The molecule has 0 amide bonds. The molecule has 0 saturated heterocycles. The van der Waals surface area contributed by atoms with Gasteiger partial charge in [0.2, 0.25) is 0 Å². The largest absolute Gasteiger partial charge is 0.310 e. The number of hydrogen-bond donors (Lipinski definition) is 0. The van der Waals surface area contributed by atoms with E-state index in [4.69, 9.17) is 0 Å². The van der Waals surface area contributed by atoms with E-state index in [0.29, 0.717) is 0 Å². The normalized spacial score (nSPS) is 12.2. The number of aromatic nitrogens is 3. The second-order valence-electron chi connectivity index (χ2n) is 36.8. The van der Waals surface area contributed by atoms with Gasteiger partial charge in [-0.2, -0.15) is 0 Å². The molecule has 0 unspecified atom stereocenters. The number of benzene rings is 21. The predicted octanol–water partition coefficient (Wildman–Crippen LogP) is 35.9. The Kier molecular flexibility index (Phi) is 19.9. The van der Waals surface area contributed by atoms with E-state index >= 15 is 0 Å². The Balaban J connectivity index is 0.000000147. The zero-order valence-corrected chi connectivity index (χ0v) is 76.1. The Morgan fingerprint density at radius 2 is 0.533 bits per heavy atom. The van der Waals surface area contributed by atoms with Crippen LogP contribution in [0.3, 0.4) is 0 Å². The summed E-state index contributed by atoms with van der Waals surface area (Å²) in [5.41, 5.74) is 44.6. The minimum absolute atomic E-state index is 0.244. The summed E-state index contributed by atoms with van der Waals surface area (Å²) in [4.78, 5) is 4.78. The molecule has 2 aliphatic carbocycles. The van der Waals surface area contributed by atoms with Crippen molar-refractivity contribution in [2.75, 3.05) is 9.80 Å². The first kappa shape index (κ1) is 81.4. The third kappa shape index (κ3) is 14.2. The average molecular weight is 1750 g/mol. The zero-order valence-electron chi connectivity index (χ0n) is 76.1. The van der Waals surface area contributed by atoms with E-state index < -0.39 is 0 Å². The molecule has 2 aliphatic rings. The average Bonchev–Trinajstić information content (AvgIpc) is 1.58. The number of fused-ring (bicyclic) bond motifs is 16. The summed E-state index contributed by atoms with van der Waals surface area (Å²) in [7, 11) is 0. The Bertz CT molecular complexity index is 8810. The highest BCUT2D eigenvalue weighted by molar-refractivity contribution is 6.13. The van der Waals surface area contributed by atoms with Gasteiger partial charge >= 0.3 is 0 Å². The summed E-state index contributed by atoms with van der Waals surface area (Å²) >= 11 is 0. The molecule has 0 N–H and O–H groups in total. The second-order valence-corrected chi connectivity index (χ2v) is 36.8. The lowest BCUT2D eigenvalue weighted by Crippen LogP contribution is -2.16. The van der Waals surface area contributed by atoms with E-state index in [1.165, 1.54) is 199 Å². The topological polar surface area (TPSA) is 21.3 Å². The van der Waals surface area contributed by atoms with Crippen molar-refractivity contribution in [3.8, 4) is 106 Å². The van der Waals surface area contributed by atoms with Crippen LogP contribution in [0, 0.1) is 0 Å². The summed E-state index contributed by atoms with van der Waals surface area (Å²) in [5.74, 6) is 0. The van der Waals surface area contributed by atoms with Gasteiger partial charge < -0.3 is 23.5 Å². The highest BCUT2D eigenvalue weighted by Gasteiger charge is 2.37. The van der Waals surface area contributed by atoms with Crippen molar-refractivity contribution in [1.82, 2.24) is 13.7 Å². The SMILES string of the molecule is C=Cc1ccc(-c2ccc(N(c3ccc(-c4ccc(-n5c6ccccc6c6ccccc65)cc4)cc3)c3ccc4c(c3)C(C)(C)c3cc(-c5ccc6c(c5)c5ccccc5n6-c5ccccc5)ccc3-4)cc2)cc1.C=Cc1ccc(-c2ccc(N(c3ccc(-c4ccc5c(c4)c4ccccc4n5-c4ccccc4)cc3)c3ccc4cc(-c5cccc6c5Cc5ccccc5-6)ccc4c3)cc2)cc1. The Labute approximate surface area is 797 Å². The van der Waals surface area contributed by atoms with Gasteiger partial charge in [-0.1, -0.05) is 349 Å². The lowest BCUT2D eigenvalue weighted by molar-refractivity contribution is 0.660. The third-order valence-corrected chi connectivity index (χ3v) is 28.7. The molecule has 26 rings (SSSR count). The van der Waals surface area contributed by atoms with Crippen molar-refractivity contribution in [1.29, 1.82) is 0 Å². The van der Waals surface area contributed by atoms with Gasteiger partial charge in [-0.05, 0) is 309 Å². The fraction of sp³-hybridized carbons (Fsp3) is 0.0303. The van der Waals surface area contributed by atoms with Crippen LogP contribution in [-0.4, -0.2) is 13.7 Å². The quantitative estimate of drug-likeness (QED) is 0.0906. The van der Waals surface area contributed by atoms with E-state index in [2.05, 4.69) is 530 Å². The maximum atomic E-state index is 3.95. The monoisotopic (exact) mass is 1750 g/mol. The molecular weight excluding hydrogens is 1660 g/mol. The van der Waals surface area contributed by atoms with Crippen LogP contribution in [0.1, 0.15) is 47.2 Å². The summed E-state index contributed by atoms with van der Waals surface area (Å²) in [6, 6.07) is 176. The standard InChI is InChI=1S/C71H51N3.C61H42N2/c1-4-47-22-24-48(25-23-47)49-26-34-55(35-27-49)72(56-36-28-50(29-37-56)51-30-38-57(39-31-51)74-67-19-11-8-16-61(67)62-17-9-12-20-68(62)74)58-40-42-60-59-41-32-53(45-65(59)71(2,3)66(60)46-58)52-33-43-70-64(44-52)63-18-10-13-21-69(63)73(70)54-14-6-5-7-15-54;1-2-41-19-21-42(22-20-41)43-25-31-51(32-26-43)62(53-35-29-45-37-49(24-23-46(45)38-53)55-16-10-17-56-54-14-7-6-11-48(54)40-58(55)56)52-33-27-44(28-34-52)47-30-36-61-59(39-47)57-15-8-9-18-60(57)63(61)50-12-4-3-5-13-50/h4-46H,1H2,2-3H3;2-39H,1,40H2. The van der Waals surface area contributed by atoms with Crippen LogP contribution in [-0.2, 0) is 11.8 Å². The molecule has 137 heavy (non-hydrogen) atoms. The Morgan fingerprint density at radius 3 is 1.01 bits per heavy atom. The molecule has 0 aliphatic heterocycles. The van der Waals surface area contributed by atoms with E-state index in [0.717, 1.165) is 57.4 Å². The van der Waals surface area contributed by atoms with Crippen LogP contribution in [0.2, 0.25) is 0 Å². The molecule has 24 aromatic rings. The van der Waals surface area contributed by atoms with Crippen LogP contribution in [0.25, 0.3) is 194 Å². The van der Waals surface area contributed by atoms with Gasteiger partial charge in [0.05, 0.1) is 33.1 Å². The Morgan fingerprint density at radius 1 is 0.219 bits per heavy atom. The van der Waals surface area contributed by atoms with Crippen LogP contribution in [0.15, 0.2) is 492 Å². The van der Waals surface area contributed by atoms with Crippen molar-refractivity contribution in [3.63, 3.8) is 0 Å². The van der Waals surface area contributed by atoms with E-state index in [9.17, 15) is 0 Å². The lowest BCUT2D eigenvalue weighted by atomic mass is 9.81. The molecule has 3 heterocycles. The minimum atomic E-state index is -0.244. The molecule has 0 bridgehead atoms. The minimum Gasteiger partial charge on any atom is -0.310 e. The van der Waals surface area contributed by atoms with Gasteiger partial charge in [0.25, 0.3) is 0 Å². The van der Waals surface area contributed by atoms with Crippen molar-refractivity contribution >= 4 is 122 Å². The van der Waals surface area contributed by atoms with E-state index in [1.807, 2.05) is 12.2 Å². The Hall–Kier alpha value is -17.6. The first-order valence-corrected chi connectivity index (χ1v) is 47.3. The number of anilines is 6. The molecule has 0 radical (unpaired) electrons. The zero-order chi connectivity index (χ0) is 91.4. The third-order valence-electron chi connectivity index (χ3n) is 28.7. The van der Waals surface area contributed by atoms with Crippen molar-refractivity contribution < 1.29 is 0 Å². The molecule has 5 heteroatoms. The molecule has 0 atom stereocenters. The molecule has 3 aromatic heterocycles. The second kappa shape index (κ2) is 33.6. The maximum absolute atomic E-state index is 3.95. The number of rotatable bonds is 17. The maximum Gasteiger partial charge on any atom is 0.0541 e. The van der Waals surface area contributed by atoms with Crippen LogP contribution < -0.4 is 9.80 Å². The molecule has 5 nitrogen and oxygen atoms in total. The van der Waals surface area contributed by atoms with E-state index in [1.54, 1.807) is 0 Å². The lowest BCUT2D eigenvalue weighted by Gasteiger charge is -2.28. The van der Waals surface area contributed by atoms with Crippen molar-refractivity contribution in [2.24, 2.45) is 0 Å². The predicted molar refractivity (Wildman–Crippen MR) is 581 cm³/mol.